The molecule has 0 radical (unpaired) electrons. The number of benzene rings is 4. The van der Waals surface area contributed by atoms with E-state index < -0.39 is 0 Å². The van der Waals surface area contributed by atoms with Crippen LogP contribution in [0, 0.1) is 0 Å². The molecule has 0 N–H and O–H groups in total. The van der Waals surface area contributed by atoms with Crippen molar-refractivity contribution in [1.29, 1.82) is 0 Å². The van der Waals surface area contributed by atoms with Gasteiger partial charge in [-0.2, -0.15) is 0 Å². The molecule has 0 amide bonds. The molecule has 8 nitrogen and oxygen atoms in total. The monoisotopic (exact) mass is 1140 g/mol. The fraction of sp³-hybridized carbons (Fsp3) is 0.676. The minimum absolute atomic E-state index is 0.0299. The highest BCUT2D eigenvalue weighted by Gasteiger charge is 2.32. The molecule has 4 aromatic carbocycles. The van der Waals surface area contributed by atoms with Gasteiger partial charge in [-0.05, 0) is 224 Å². The fourth-order valence-electron chi connectivity index (χ4n) is 8.93. The molecule has 2 fully saturated rings. The summed E-state index contributed by atoms with van der Waals surface area (Å²) < 4.78 is 41.5. The third kappa shape index (κ3) is 31.7. The van der Waals surface area contributed by atoms with Crippen LogP contribution in [0.2, 0.25) is 0 Å². The van der Waals surface area contributed by atoms with E-state index in [0.717, 1.165) is 61.5 Å². The topological polar surface area (TPSA) is 73.8 Å². The van der Waals surface area contributed by atoms with Crippen LogP contribution < -0.4 is 18.9 Å². The minimum Gasteiger partial charge on any atom is -0.488 e. The first-order chi connectivity index (χ1) is 38.6. The maximum atomic E-state index is 6.16. The van der Waals surface area contributed by atoms with Crippen LogP contribution in [-0.2, 0) is 29.8 Å². The van der Waals surface area contributed by atoms with Crippen molar-refractivity contribution in [2.24, 2.45) is 0 Å². The van der Waals surface area contributed by atoms with E-state index in [1.54, 1.807) is 56.9 Å². The van der Waals surface area contributed by atoms with Gasteiger partial charge in [0.1, 0.15) is 45.4 Å². The average molecular weight is 1150 g/mol. The molecule has 4 aromatic rings. The zero-order valence-electron chi connectivity index (χ0n) is 58.0. The summed E-state index contributed by atoms with van der Waals surface area (Å²) in [6, 6.07) is 34.6. The molecule has 2 unspecified atom stereocenters. The Balaban J connectivity index is 0. The van der Waals surface area contributed by atoms with Gasteiger partial charge in [-0.15, -0.1) is 0 Å². The van der Waals surface area contributed by atoms with E-state index in [4.69, 9.17) is 18.9 Å². The predicted octanol–water partition coefficient (Wildman–Crippen LogP) is 21.5. The van der Waals surface area contributed by atoms with Crippen molar-refractivity contribution >= 4 is 0 Å². The maximum Gasteiger partial charge on any atom is 0.120 e. The van der Waals surface area contributed by atoms with Gasteiger partial charge >= 0.3 is 0 Å². The van der Waals surface area contributed by atoms with E-state index in [-0.39, 0.29) is 33.2 Å². The summed E-state index contributed by atoms with van der Waals surface area (Å²) in [7, 11) is 13.0. The molecule has 0 bridgehead atoms. The van der Waals surface area contributed by atoms with Crippen molar-refractivity contribution in [2.45, 2.75) is 272 Å². The van der Waals surface area contributed by atoms with Crippen molar-refractivity contribution in [1.82, 2.24) is 0 Å². The number of ether oxygens (including phenoxy) is 8. The number of hydrogen-bond acceptors (Lipinski definition) is 8. The Labute approximate surface area is 507 Å². The Hall–Kier alpha value is -4.08. The van der Waals surface area contributed by atoms with Gasteiger partial charge in [0.15, 0.2) is 0 Å². The van der Waals surface area contributed by atoms with Gasteiger partial charge in [-0.1, -0.05) is 145 Å². The third-order valence-corrected chi connectivity index (χ3v) is 16.9. The van der Waals surface area contributed by atoms with Crippen LogP contribution in [0.3, 0.4) is 0 Å². The molecule has 2 saturated carbocycles. The Bertz CT molecular complexity index is 1960. The number of methoxy groups -OCH3 is 4. The van der Waals surface area contributed by atoms with Gasteiger partial charge in [0.05, 0.1) is 0 Å². The van der Waals surface area contributed by atoms with Crippen LogP contribution in [-0.4, -0.2) is 79.3 Å². The summed E-state index contributed by atoms with van der Waals surface area (Å²) in [6.45, 7) is 40.2. The van der Waals surface area contributed by atoms with Crippen molar-refractivity contribution in [3.8, 4) is 23.0 Å². The molecule has 82 heavy (non-hydrogen) atoms. The standard InChI is InChI=1S/C17H26O.C17H28O.C16H24O.C16H26O.4C2H6O/c1-5-16(2,3)14-8-10-15(11-9-14)18-17(4)12-6-7-13-17;1-7-16(4,5)14-10-12-15(13-11-14)18-17(6,8-2)9-3;1-4-13(2)14-7-9-15(10-8-14)17-16(3)11-5-6-12-16;1-6-13(4)14-9-11-15(12-10-14)17-16(5,7-2)8-3;4*1-3-2/h8-11H,5-7,12-13H2,1-4H3;10-13H,7-9H2,1-6H3;7-10,13H,4-6,11-12H2,1-3H3;9-13H,6-8H2,1-5H3;4*1-2H3. The first-order valence-electron chi connectivity index (χ1n) is 31.4. The molecule has 472 valence electrons. The van der Waals surface area contributed by atoms with Gasteiger partial charge in [-0.25, -0.2) is 0 Å². The summed E-state index contributed by atoms with van der Waals surface area (Å²) in [6.07, 6.45) is 18.8. The summed E-state index contributed by atoms with van der Waals surface area (Å²) in [5, 5.41) is 0. The molecule has 6 rings (SSSR count). The second kappa shape index (κ2) is 42.7. The van der Waals surface area contributed by atoms with E-state index in [1.807, 2.05) is 0 Å². The molecule has 0 aromatic heterocycles. The summed E-state index contributed by atoms with van der Waals surface area (Å²) in [5.41, 5.74) is 6.18. The van der Waals surface area contributed by atoms with Crippen LogP contribution in [0.4, 0.5) is 0 Å². The average Bonchev–Trinajstić information content (AvgIpc) is 4.11. The Morgan fingerprint density at radius 2 is 0.573 bits per heavy atom. The molecular weight excluding hydrogens is 1020 g/mol. The Morgan fingerprint density at radius 1 is 0.354 bits per heavy atom. The van der Waals surface area contributed by atoms with Gasteiger partial charge in [0, 0.05) is 56.9 Å². The van der Waals surface area contributed by atoms with Crippen molar-refractivity contribution in [3.63, 3.8) is 0 Å². The normalized spacial score (nSPS) is 14.8. The van der Waals surface area contributed by atoms with E-state index >= 15 is 0 Å². The van der Waals surface area contributed by atoms with Gasteiger partial charge in [0.2, 0.25) is 0 Å². The lowest BCUT2D eigenvalue weighted by atomic mass is 9.82. The second-order valence-electron chi connectivity index (χ2n) is 24.9. The van der Waals surface area contributed by atoms with Crippen LogP contribution >= 0.6 is 0 Å². The quantitative estimate of drug-likeness (QED) is 0.0867. The molecule has 0 heterocycles. The van der Waals surface area contributed by atoms with E-state index in [9.17, 15) is 0 Å². The summed E-state index contributed by atoms with van der Waals surface area (Å²) in [4.78, 5) is 0. The molecule has 0 aliphatic heterocycles. The van der Waals surface area contributed by atoms with Crippen molar-refractivity contribution in [2.75, 3.05) is 56.9 Å². The summed E-state index contributed by atoms with van der Waals surface area (Å²) in [5.74, 6) is 5.30. The van der Waals surface area contributed by atoms with Crippen LogP contribution in [0.5, 0.6) is 23.0 Å². The fourth-order valence-corrected chi connectivity index (χ4v) is 8.93. The Kier molecular flexibility index (Phi) is 41.6. The molecule has 0 spiro atoms. The SMILES string of the molecule is CCC(C)(C)c1ccc(OC2(C)CCCC2)cc1.CCC(C)(CC)Oc1ccc(C(C)(C)CC)cc1.CCC(C)c1ccc(OC(C)(CC)CC)cc1.CCC(C)c1ccc(OC2(C)CCCC2)cc1.COC.COC.COC.COC. The highest BCUT2D eigenvalue weighted by atomic mass is 16.5. The maximum absolute atomic E-state index is 6.16. The van der Waals surface area contributed by atoms with Gasteiger partial charge < -0.3 is 37.9 Å². The van der Waals surface area contributed by atoms with E-state index in [2.05, 4.69) is 241 Å². The number of rotatable bonds is 20. The van der Waals surface area contributed by atoms with Crippen molar-refractivity contribution in [3.05, 3.63) is 119 Å². The van der Waals surface area contributed by atoms with Gasteiger partial charge in [0.25, 0.3) is 0 Å². The van der Waals surface area contributed by atoms with E-state index in [0.29, 0.717) is 11.8 Å². The van der Waals surface area contributed by atoms with Crippen LogP contribution in [0.25, 0.3) is 0 Å². The molecule has 8 heteroatoms. The van der Waals surface area contributed by atoms with Crippen molar-refractivity contribution < 1.29 is 37.9 Å². The largest absolute Gasteiger partial charge is 0.488 e. The predicted molar refractivity (Wildman–Crippen MR) is 356 cm³/mol. The zero-order valence-corrected chi connectivity index (χ0v) is 58.0. The van der Waals surface area contributed by atoms with E-state index in [1.165, 1.54) is 86.5 Å². The molecule has 2 aliphatic rings. The third-order valence-electron chi connectivity index (χ3n) is 16.9. The molecular formula is C74H128O8. The first kappa shape index (κ1) is 80.0. The second-order valence-corrected chi connectivity index (χ2v) is 24.9. The summed E-state index contributed by atoms with van der Waals surface area (Å²) >= 11 is 0. The highest BCUT2D eigenvalue weighted by Crippen LogP contribution is 2.37. The Morgan fingerprint density at radius 3 is 0.793 bits per heavy atom. The highest BCUT2D eigenvalue weighted by molar-refractivity contribution is 5.34. The smallest absolute Gasteiger partial charge is 0.120 e. The van der Waals surface area contributed by atoms with Gasteiger partial charge in [-0.3, -0.25) is 0 Å². The minimum atomic E-state index is -0.0399. The molecule has 0 saturated heterocycles. The molecule has 2 atom stereocenters. The molecule has 2 aliphatic carbocycles. The lowest BCUT2D eigenvalue weighted by Crippen LogP contribution is -2.30. The first-order valence-corrected chi connectivity index (χ1v) is 31.4. The lowest BCUT2D eigenvalue weighted by Gasteiger charge is -2.29. The zero-order chi connectivity index (χ0) is 63.1. The number of hydrogen-bond donors (Lipinski definition) is 0. The van der Waals surface area contributed by atoms with Crippen LogP contribution in [0.1, 0.15) is 261 Å². The van der Waals surface area contributed by atoms with Crippen LogP contribution in [0.15, 0.2) is 97.1 Å². The lowest BCUT2D eigenvalue weighted by molar-refractivity contribution is 0.0799.